The number of halogens is 1. The molecule has 0 aliphatic rings. The van der Waals surface area contributed by atoms with Gasteiger partial charge >= 0.3 is 11.7 Å². The van der Waals surface area contributed by atoms with E-state index < -0.39 is 4.92 Å². The molecule has 1 aromatic heterocycles. The molecule has 0 N–H and O–H groups in total. The SMILES string of the molecule is COC(=O)C(C)CN(C)c1ncc([N+](=O)[O-])c(Cl)n1. The second-order valence-corrected chi connectivity index (χ2v) is 4.27. The number of nitro groups is 1. The number of carbonyl (C=O) groups is 1. The number of esters is 1. The first kappa shape index (κ1) is 15.1. The van der Waals surface area contributed by atoms with Gasteiger partial charge in [-0.1, -0.05) is 18.5 Å². The van der Waals surface area contributed by atoms with E-state index in [0.717, 1.165) is 6.20 Å². The van der Waals surface area contributed by atoms with Gasteiger partial charge in [0, 0.05) is 13.6 Å². The van der Waals surface area contributed by atoms with Crippen LogP contribution in [0.1, 0.15) is 6.92 Å². The molecule has 1 heterocycles. The number of ether oxygens (including phenoxy) is 1. The van der Waals surface area contributed by atoms with Gasteiger partial charge in [-0.25, -0.2) is 4.98 Å². The average molecular weight is 289 g/mol. The molecule has 0 saturated heterocycles. The molecule has 0 aliphatic heterocycles. The average Bonchev–Trinajstić information content (AvgIpc) is 2.36. The van der Waals surface area contributed by atoms with E-state index in [0.29, 0.717) is 6.54 Å². The van der Waals surface area contributed by atoms with E-state index in [-0.39, 0.29) is 28.7 Å². The zero-order valence-corrected chi connectivity index (χ0v) is 11.4. The highest BCUT2D eigenvalue weighted by atomic mass is 35.5. The number of hydrogen-bond donors (Lipinski definition) is 0. The van der Waals surface area contributed by atoms with Crippen LogP contribution in [0.25, 0.3) is 0 Å². The number of carbonyl (C=O) groups excluding carboxylic acids is 1. The lowest BCUT2D eigenvalue weighted by Gasteiger charge is -2.19. The maximum Gasteiger partial charge on any atom is 0.324 e. The van der Waals surface area contributed by atoms with Crippen LogP contribution >= 0.6 is 11.6 Å². The molecule has 8 nitrogen and oxygen atoms in total. The Hall–Kier alpha value is -1.96. The Morgan fingerprint density at radius 3 is 2.79 bits per heavy atom. The van der Waals surface area contributed by atoms with Crippen molar-refractivity contribution in [3.63, 3.8) is 0 Å². The smallest absolute Gasteiger partial charge is 0.324 e. The summed E-state index contributed by atoms with van der Waals surface area (Å²) in [6, 6.07) is 0. The van der Waals surface area contributed by atoms with Crippen LogP contribution in [0.4, 0.5) is 11.6 Å². The van der Waals surface area contributed by atoms with Crippen LogP contribution in [0.15, 0.2) is 6.20 Å². The molecular formula is C10H13ClN4O4. The Labute approximate surface area is 114 Å². The zero-order valence-electron chi connectivity index (χ0n) is 10.7. The molecule has 0 amide bonds. The van der Waals surface area contributed by atoms with Crippen molar-refractivity contribution in [2.45, 2.75) is 6.92 Å². The third-order valence-corrected chi connectivity index (χ3v) is 2.68. The third kappa shape index (κ3) is 3.75. The predicted molar refractivity (Wildman–Crippen MR) is 68.1 cm³/mol. The fourth-order valence-corrected chi connectivity index (χ4v) is 1.61. The highest BCUT2D eigenvalue weighted by Gasteiger charge is 2.20. The summed E-state index contributed by atoms with van der Waals surface area (Å²) in [6.07, 6.45) is 1.03. The largest absolute Gasteiger partial charge is 0.469 e. The van der Waals surface area contributed by atoms with E-state index >= 15 is 0 Å². The molecule has 0 aromatic carbocycles. The van der Waals surface area contributed by atoms with Gasteiger partial charge in [0.1, 0.15) is 6.20 Å². The van der Waals surface area contributed by atoms with Gasteiger partial charge in [-0.15, -0.1) is 0 Å². The van der Waals surface area contributed by atoms with E-state index in [1.165, 1.54) is 7.11 Å². The first-order valence-electron chi connectivity index (χ1n) is 5.32. The monoisotopic (exact) mass is 288 g/mol. The Balaban J connectivity index is 2.83. The topological polar surface area (TPSA) is 98.5 Å². The number of nitrogens with zero attached hydrogens (tertiary/aromatic N) is 4. The summed E-state index contributed by atoms with van der Waals surface area (Å²) in [5.74, 6) is -0.543. The molecule has 0 fully saturated rings. The van der Waals surface area contributed by atoms with Crippen LogP contribution < -0.4 is 4.90 Å². The molecule has 104 valence electrons. The summed E-state index contributed by atoms with van der Waals surface area (Å²) in [5, 5.41) is 10.3. The molecule has 1 aromatic rings. The lowest BCUT2D eigenvalue weighted by Crippen LogP contribution is -2.30. The van der Waals surface area contributed by atoms with Crippen molar-refractivity contribution >= 4 is 29.2 Å². The number of aromatic nitrogens is 2. The first-order valence-corrected chi connectivity index (χ1v) is 5.70. The molecule has 0 bridgehead atoms. The summed E-state index contributed by atoms with van der Waals surface area (Å²) >= 11 is 5.68. The van der Waals surface area contributed by atoms with Crippen molar-refractivity contribution in [2.24, 2.45) is 5.92 Å². The molecule has 9 heteroatoms. The van der Waals surface area contributed by atoms with E-state index in [1.807, 2.05) is 0 Å². The minimum atomic E-state index is -0.664. The van der Waals surface area contributed by atoms with Crippen molar-refractivity contribution in [2.75, 3.05) is 25.6 Å². The third-order valence-electron chi connectivity index (χ3n) is 2.40. The fraction of sp³-hybridized carbons (Fsp3) is 0.500. The van der Waals surface area contributed by atoms with Crippen LogP contribution in [0.5, 0.6) is 0 Å². The fourth-order valence-electron chi connectivity index (χ4n) is 1.42. The molecule has 1 unspecified atom stereocenters. The normalized spacial score (nSPS) is 11.8. The zero-order chi connectivity index (χ0) is 14.6. The molecular weight excluding hydrogens is 276 g/mol. The lowest BCUT2D eigenvalue weighted by atomic mass is 10.2. The van der Waals surface area contributed by atoms with Crippen LogP contribution in [0, 0.1) is 16.0 Å². The maximum absolute atomic E-state index is 11.3. The standard InChI is InChI=1S/C10H13ClN4O4/c1-6(9(16)19-3)5-14(2)10-12-4-7(15(17)18)8(11)13-10/h4,6H,5H2,1-3H3. The van der Waals surface area contributed by atoms with Gasteiger partial charge in [0.15, 0.2) is 0 Å². The van der Waals surface area contributed by atoms with Crippen molar-refractivity contribution in [3.8, 4) is 0 Å². The summed E-state index contributed by atoms with van der Waals surface area (Å²) in [4.78, 5) is 30.4. The second kappa shape index (κ2) is 6.28. The summed E-state index contributed by atoms with van der Waals surface area (Å²) in [6.45, 7) is 2.00. The molecule has 0 spiro atoms. The van der Waals surface area contributed by atoms with Crippen molar-refractivity contribution in [1.82, 2.24) is 9.97 Å². The molecule has 0 saturated carbocycles. The lowest BCUT2D eigenvalue weighted by molar-refractivity contribution is -0.385. The highest BCUT2D eigenvalue weighted by Crippen LogP contribution is 2.22. The predicted octanol–water partition coefficient (Wildman–Crippen LogP) is 1.28. The van der Waals surface area contributed by atoms with Crippen LogP contribution in [-0.2, 0) is 9.53 Å². The highest BCUT2D eigenvalue weighted by molar-refractivity contribution is 6.31. The van der Waals surface area contributed by atoms with Gasteiger partial charge in [-0.05, 0) is 0 Å². The van der Waals surface area contributed by atoms with Gasteiger partial charge in [-0.3, -0.25) is 14.9 Å². The molecule has 0 radical (unpaired) electrons. The summed E-state index contributed by atoms with van der Waals surface area (Å²) < 4.78 is 4.60. The molecule has 0 aliphatic carbocycles. The van der Waals surface area contributed by atoms with Gasteiger partial charge in [0.05, 0.1) is 18.0 Å². The first-order chi connectivity index (χ1) is 8.86. The Bertz CT molecular complexity index is 496. The van der Waals surface area contributed by atoms with Gasteiger partial charge in [0.2, 0.25) is 11.1 Å². The second-order valence-electron chi connectivity index (χ2n) is 3.91. The molecule has 1 atom stereocenters. The number of hydrogen-bond acceptors (Lipinski definition) is 7. The number of anilines is 1. The number of rotatable bonds is 5. The van der Waals surface area contributed by atoms with Crippen molar-refractivity contribution in [1.29, 1.82) is 0 Å². The van der Waals surface area contributed by atoms with E-state index in [9.17, 15) is 14.9 Å². The van der Waals surface area contributed by atoms with Gasteiger partial charge in [-0.2, -0.15) is 4.98 Å². The minimum Gasteiger partial charge on any atom is -0.469 e. The Kier molecular flexibility index (Phi) is 4.99. The Morgan fingerprint density at radius 2 is 2.32 bits per heavy atom. The minimum absolute atomic E-state index is 0.200. The molecule has 19 heavy (non-hydrogen) atoms. The van der Waals surface area contributed by atoms with Crippen LogP contribution in [0.2, 0.25) is 5.15 Å². The van der Waals surface area contributed by atoms with Crippen molar-refractivity contribution < 1.29 is 14.5 Å². The summed E-state index contributed by atoms with van der Waals surface area (Å²) in [7, 11) is 2.95. The van der Waals surface area contributed by atoms with Crippen molar-refractivity contribution in [3.05, 3.63) is 21.5 Å². The van der Waals surface area contributed by atoms with E-state index in [2.05, 4.69) is 14.7 Å². The van der Waals surface area contributed by atoms with Gasteiger partial charge < -0.3 is 9.64 Å². The maximum atomic E-state index is 11.3. The van der Waals surface area contributed by atoms with Crippen LogP contribution in [-0.4, -0.2) is 41.6 Å². The van der Waals surface area contributed by atoms with Gasteiger partial charge in [0.25, 0.3) is 0 Å². The van der Waals surface area contributed by atoms with Crippen LogP contribution in [0.3, 0.4) is 0 Å². The van der Waals surface area contributed by atoms with E-state index in [4.69, 9.17) is 11.6 Å². The molecule has 1 rings (SSSR count). The quantitative estimate of drug-likeness (QED) is 0.348. The van der Waals surface area contributed by atoms with E-state index in [1.54, 1.807) is 18.9 Å². The summed E-state index contributed by atoms with van der Waals surface area (Å²) in [5.41, 5.74) is -0.361. The Morgan fingerprint density at radius 1 is 1.68 bits per heavy atom. The number of methoxy groups -OCH3 is 1.